The highest BCUT2D eigenvalue weighted by Gasteiger charge is 2.24. The van der Waals surface area contributed by atoms with E-state index in [4.69, 9.17) is 16.3 Å². The van der Waals surface area contributed by atoms with Gasteiger partial charge in [-0.15, -0.1) is 11.3 Å². The fraction of sp³-hybridized carbons (Fsp3) is 0.174. The number of nitrogens with zero attached hydrogens (tertiary/aromatic N) is 1. The van der Waals surface area contributed by atoms with Gasteiger partial charge in [-0.2, -0.15) is 0 Å². The van der Waals surface area contributed by atoms with Gasteiger partial charge in [-0.1, -0.05) is 42.5 Å². The van der Waals surface area contributed by atoms with Gasteiger partial charge in [-0.3, -0.25) is 0 Å². The number of methoxy groups -OCH3 is 1. The summed E-state index contributed by atoms with van der Waals surface area (Å²) in [5.41, 5.74) is 7.75. The predicted octanol–water partition coefficient (Wildman–Crippen LogP) is 2.16. The Balaban J connectivity index is 1.67. The van der Waals surface area contributed by atoms with Crippen molar-refractivity contribution in [3.63, 3.8) is 0 Å². The molecular weight excluding hydrogens is 476 g/mol. The molecule has 0 amide bonds. The van der Waals surface area contributed by atoms with Gasteiger partial charge in [-0.25, -0.2) is 23.8 Å². The number of hydrazine groups is 1. The zero-order chi connectivity index (χ0) is 24.7. The number of hydrogen-bond acceptors (Lipinski definition) is 9. The highest BCUT2D eigenvalue weighted by Crippen LogP contribution is 2.30. The number of thiophene rings is 1. The normalized spacial score (nSPS) is 12.8. The van der Waals surface area contributed by atoms with E-state index in [1.807, 2.05) is 30.3 Å². The van der Waals surface area contributed by atoms with E-state index in [-0.39, 0.29) is 28.6 Å². The third-order valence-electron chi connectivity index (χ3n) is 4.88. The van der Waals surface area contributed by atoms with Crippen molar-refractivity contribution in [1.82, 2.24) is 9.73 Å². The van der Waals surface area contributed by atoms with Crippen molar-refractivity contribution in [1.29, 1.82) is 0 Å². The van der Waals surface area contributed by atoms with E-state index in [2.05, 4.69) is 4.72 Å². The summed E-state index contributed by atoms with van der Waals surface area (Å²) in [6, 6.07) is 18.2. The van der Waals surface area contributed by atoms with E-state index < -0.39 is 22.0 Å². The van der Waals surface area contributed by atoms with E-state index in [0.29, 0.717) is 0 Å². The molecule has 0 unspecified atom stereocenters. The van der Waals surface area contributed by atoms with Crippen LogP contribution >= 0.6 is 11.3 Å². The molecule has 0 aliphatic heterocycles. The summed E-state index contributed by atoms with van der Waals surface area (Å²) in [7, 11) is -2.56. The molecule has 1 heterocycles. The fourth-order valence-electron chi connectivity index (χ4n) is 3.10. The summed E-state index contributed by atoms with van der Waals surface area (Å²) < 4.78 is 32.8. The lowest BCUT2D eigenvalue weighted by atomic mass is 10.1. The van der Waals surface area contributed by atoms with Crippen molar-refractivity contribution in [3.8, 4) is 16.2 Å². The Bertz CT molecular complexity index is 1240. The summed E-state index contributed by atoms with van der Waals surface area (Å²) >= 11 is 1.15. The number of carbonyl (C=O) groups excluding carboxylic acids is 1. The molecular formula is C23H26N4O5S2. The number of ether oxygens (including phenoxy) is 1. The maximum atomic E-state index is 12.7. The Labute approximate surface area is 202 Å². The number of carbonyl (C=O) groups is 1. The minimum absolute atomic E-state index is 0.0982. The third-order valence-corrected chi connectivity index (χ3v) is 7.91. The van der Waals surface area contributed by atoms with Gasteiger partial charge < -0.3 is 20.6 Å². The van der Waals surface area contributed by atoms with Gasteiger partial charge in [0.25, 0.3) is 0 Å². The first-order valence-electron chi connectivity index (χ1n) is 10.2. The van der Waals surface area contributed by atoms with Crippen LogP contribution in [0.5, 0.6) is 5.75 Å². The number of sulfonamides is 1. The molecule has 34 heavy (non-hydrogen) atoms. The summed E-state index contributed by atoms with van der Waals surface area (Å²) in [4.78, 5) is 13.1. The van der Waals surface area contributed by atoms with Gasteiger partial charge >= 0.3 is 5.97 Å². The molecule has 11 heteroatoms. The van der Waals surface area contributed by atoms with Crippen LogP contribution in [-0.2, 0) is 26.0 Å². The van der Waals surface area contributed by atoms with Crippen LogP contribution < -0.4 is 16.3 Å². The number of nitrogens with one attached hydrogen (secondary N) is 1. The van der Waals surface area contributed by atoms with Crippen molar-refractivity contribution < 1.29 is 23.1 Å². The molecule has 180 valence electrons. The van der Waals surface area contributed by atoms with Crippen LogP contribution in [0.4, 0.5) is 0 Å². The van der Waals surface area contributed by atoms with Crippen molar-refractivity contribution in [2.45, 2.75) is 16.7 Å². The summed E-state index contributed by atoms with van der Waals surface area (Å²) in [5.74, 6) is 5.55. The number of aromatic hydroxyl groups is 1. The van der Waals surface area contributed by atoms with Crippen LogP contribution in [0, 0.1) is 0 Å². The molecule has 0 saturated heterocycles. The Morgan fingerprint density at radius 1 is 1.15 bits per heavy atom. The molecule has 6 N–H and O–H groups in total. The molecule has 3 aromatic rings. The number of benzene rings is 2. The molecule has 0 aliphatic carbocycles. The lowest BCUT2D eigenvalue weighted by Gasteiger charge is -2.24. The minimum Gasteiger partial charge on any atom is -0.508 e. The van der Waals surface area contributed by atoms with Crippen molar-refractivity contribution in [3.05, 3.63) is 84.2 Å². The summed E-state index contributed by atoms with van der Waals surface area (Å²) in [6.45, 7) is -0.207. The molecule has 0 aliphatic rings. The van der Waals surface area contributed by atoms with Crippen molar-refractivity contribution in [2.24, 2.45) is 11.6 Å². The maximum Gasteiger partial charge on any atom is 0.330 e. The van der Waals surface area contributed by atoms with Gasteiger partial charge in [0.05, 0.1) is 13.7 Å². The lowest BCUT2D eigenvalue weighted by molar-refractivity contribution is -0.146. The molecule has 1 aromatic heterocycles. The molecule has 0 saturated carbocycles. The molecule has 0 bridgehead atoms. The SMILES string of the molecule is COC(=O)[C@H](Cc1ccc(O)cc1)N(N)/C=C(\N)CNS(=O)(=O)c1ccc(-c2ccccc2)s1. The largest absolute Gasteiger partial charge is 0.508 e. The van der Waals surface area contributed by atoms with Crippen LogP contribution in [0.1, 0.15) is 5.56 Å². The first-order valence-corrected chi connectivity index (χ1v) is 12.5. The van der Waals surface area contributed by atoms with Crippen LogP contribution in [0.25, 0.3) is 10.4 Å². The Hall–Kier alpha value is -3.38. The Morgan fingerprint density at radius 3 is 2.47 bits per heavy atom. The minimum atomic E-state index is -3.80. The van der Waals surface area contributed by atoms with E-state index >= 15 is 0 Å². The van der Waals surface area contributed by atoms with Gasteiger partial charge in [0.15, 0.2) is 0 Å². The zero-order valence-corrected chi connectivity index (χ0v) is 20.1. The molecule has 2 aromatic carbocycles. The van der Waals surface area contributed by atoms with Gasteiger partial charge in [0.2, 0.25) is 10.0 Å². The van der Waals surface area contributed by atoms with Gasteiger partial charge in [-0.05, 0) is 35.4 Å². The number of esters is 1. The van der Waals surface area contributed by atoms with E-state index in [1.54, 1.807) is 18.2 Å². The van der Waals surface area contributed by atoms with Crippen LogP contribution in [0.15, 0.2) is 82.8 Å². The average Bonchev–Trinajstić information content (AvgIpc) is 3.34. The van der Waals surface area contributed by atoms with Crippen molar-refractivity contribution in [2.75, 3.05) is 13.7 Å². The molecule has 1 atom stereocenters. The topological polar surface area (TPSA) is 148 Å². The summed E-state index contributed by atoms with van der Waals surface area (Å²) in [6.07, 6.45) is 1.48. The molecule has 0 fully saturated rings. The number of phenolic OH excluding ortho intramolecular Hbond substituents is 1. The number of nitrogens with two attached hydrogens (primary N) is 2. The number of phenols is 1. The van der Waals surface area contributed by atoms with Gasteiger partial charge in [0.1, 0.15) is 16.0 Å². The molecule has 9 nitrogen and oxygen atoms in total. The Morgan fingerprint density at radius 2 is 1.82 bits per heavy atom. The van der Waals surface area contributed by atoms with E-state index in [9.17, 15) is 18.3 Å². The fourth-order valence-corrected chi connectivity index (χ4v) is 5.47. The van der Waals surface area contributed by atoms with Crippen LogP contribution in [0.2, 0.25) is 0 Å². The quantitative estimate of drug-likeness (QED) is 0.187. The molecule has 3 rings (SSSR count). The predicted molar refractivity (Wildman–Crippen MR) is 131 cm³/mol. The van der Waals surface area contributed by atoms with E-state index in [0.717, 1.165) is 32.3 Å². The maximum absolute atomic E-state index is 12.7. The molecule has 0 spiro atoms. The zero-order valence-electron chi connectivity index (χ0n) is 18.4. The first-order chi connectivity index (χ1) is 16.2. The highest BCUT2D eigenvalue weighted by atomic mass is 32.2. The van der Waals surface area contributed by atoms with Crippen LogP contribution in [-0.4, -0.2) is 44.2 Å². The van der Waals surface area contributed by atoms with Crippen LogP contribution in [0.3, 0.4) is 0 Å². The highest BCUT2D eigenvalue weighted by molar-refractivity contribution is 7.91. The second-order valence-corrected chi connectivity index (χ2v) is 10.4. The second kappa shape index (κ2) is 11.2. The summed E-state index contributed by atoms with van der Waals surface area (Å²) in [5, 5.41) is 10.5. The lowest BCUT2D eigenvalue weighted by Crippen LogP contribution is -2.45. The monoisotopic (exact) mass is 502 g/mol. The molecule has 0 radical (unpaired) electrons. The smallest absolute Gasteiger partial charge is 0.330 e. The first kappa shape index (κ1) is 25.2. The third kappa shape index (κ3) is 6.58. The Kier molecular flexibility index (Phi) is 8.29. The van der Waals surface area contributed by atoms with Crippen molar-refractivity contribution >= 4 is 27.3 Å². The number of rotatable bonds is 10. The standard InChI is InChI=1S/C23H26N4O5S2/c1-32-23(29)20(13-16-7-9-19(28)10-8-16)27(25)15-18(24)14-26-34(30,31)22-12-11-21(33-22)17-5-3-2-4-6-17/h2-12,15,20,26,28H,13-14,24-25H2,1H3/b18-15-/t20-/m0/s1. The average molecular weight is 503 g/mol. The second-order valence-electron chi connectivity index (χ2n) is 7.37. The van der Waals surface area contributed by atoms with Gasteiger partial charge in [0, 0.05) is 23.2 Å². The van der Waals surface area contributed by atoms with E-state index in [1.165, 1.54) is 31.5 Å². The number of hydrogen-bond donors (Lipinski definition) is 4.